The summed E-state index contributed by atoms with van der Waals surface area (Å²) in [6.45, 7) is 0. The quantitative estimate of drug-likeness (QED) is 0.195. The molecule has 0 saturated carbocycles. The summed E-state index contributed by atoms with van der Waals surface area (Å²) in [6.07, 6.45) is -3.49. The zero-order chi connectivity index (χ0) is 19.8. The molecule has 1 aliphatic heterocycles. The Morgan fingerprint density at radius 2 is 1.42 bits per heavy atom. The Morgan fingerprint density at radius 3 is 1.96 bits per heavy atom. The third-order valence-electron chi connectivity index (χ3n) is 3.21. The number of fused-ring (bicyclic) bond motifs is 2. The SMILES string of the molecule is FC(F)(F)c1ccc2c(c1)[I+]c1ccccc1C2.O=S(=O)([O-])C(F)(F)F. The molecule has 0 fully saturated rings. The van der Waals surface area contributed by atoms with Gasteiger partial charge in [0.25, 0.3) is 0 Å². The van der Waals surface area contributed by atoms with Gasteiger partial charge in [-0.25, -0.2) is 8.42 Å². The Hall–Kier alpha value is -1.34. The fourth-order valence-corrected chi connectivity index (χ4v) is 4.94. The molecule has 26 heavy (non-hydrogen) atoms. The molecule has 0 aromatic heterocycles. The molecular weight excluding hydrogens is 501 g/mol. The van der Waals surface area contributed by atoms with Crippen LogP contribution >= 0.6 is 0 Å². The maximum atomic E-state index is 12.7. The van der Waals surface area contributed by atoms with Gasteiger partial charge in [-0.2, -0.15) is 26.3 Å². The highest BCUT2D eigenvalue weighted by atomic mass is 127. The molecule has 0 radical (unpaired) electrons. The summed E-state index contributed by atoms with van der Waals surface area (Å²) in [4.78, 5) is 0. The van der Waals surface area contributed by atoms with Crippen molar-refractivity contribution in [2.75, 3.05) is 0 Å². The van der Waals surface area contributed by atoms with E-state index >= 15 is 0 Å². The summed E-state index contributed by atoms with van der Waals surface area (Å²) in [5.74, 6) is 0. The van der Waals surface area contributed by atoms with Crippen LogP contribution in [0.4, 0.5) is 26.3 Å². The normalized spacial score (nSPS) is 14.0. The number of halogens is 7. The second kappa shape index (κ2) is 7.35. The van der Waals surface area contributed by atoms with Crippen molar-refractivity contribution in [1.82, 2.24) is 0 Å². The molecule has 1 aliphatic rings. The molecule has 0 spiro atoms. The summed E-state index contributed by atoms with van der Waals surface area (Å²) in [5, 5.41) is 0. The summed E-state index contributed by atoms with van der Waals surface area (Å²) in [5.41, 5.74) is -3.86. The van der Waals surface area contributed by atoms with Gasteiger partial charge in [0.15, 0.2) is 17.3 Å². The highest BCUT2D eigenvalue weighted by molar-refractivity contribution is 7.86. The number of rotatable bonds is 0. The van der Waals surface area contributed by atoms with Gasteiger partial charge >= 0.3 is 32.9 Å². The Labute approximate surface area is 155 Å². The van der Waals surface area contributed by atoms with Crippen molar-refractivity contribution < 1.29 is 60.5 Å². The van der Waals surface area contributed by atoms with Gasteiger partial charge in [-0.05, 0) is 12.1 Å². The van der Waals surface area contributed by atoms with E-state index in [-0.39, 0.29) is 0 Å². The Morgan fingerprint density at radius 1 is 0.885 bits per heavy atom. The first-order valence-electron chi connectivity index (χ1n) is 6.74. The van der Waals surface area contributed by atoms with Crippen LogP contribution in [0.2, 0.25) is 0 Å². The first-order valence-corrected chi connectivity index (χ1v) is 10.3. The second-order valence-electron chi connectivity index (χ2n) is 5.07. The third kappa shape index (κ3) is 5.10. The molecule has 3 rings (SSSR count). The fourth-order valence-electron chi connectivity index (χ4n) is 2.00. The topological polar surface area (TPSA) is 57.2 Å². The maximum Gasteiger partial charge on any atom is 0.485 e. The van der Waals surface area contributed by atoms with Crippen LogP contribution in [0.1, 0.15) is 16.7 Å². The third-order valence-corrected chi connectivity index (χ3v) is 6.99. The number of hydrogen-bond donors (Lipinski definition) is 0. The predicted octanol–water partition coefficient (Wildman–Crippen LogP) is 0.789. The van der Waals surface area contributed by atoms with E-state index in [1.165, 1.54) is 21.3 Å². The number of benzene rings is 2. The average molecular weight is 510 g/mol. The van der Waals surface area contributed by atoms with Crippen LogP contribution in [-0.2, 0) is 22.7 Å². The van der Waals surface area contributed by atoms with Crippen molar-refractivity contribution in [3.63, 3.8) is 0 Å². The van der Waals surface area contributed by atoms with Crippen LogP contribution in [0.15, 0.2) is 42.5 Å². The minimum atomic E-state index is -6.09. The molecule has 0 amide bonds. The molecule has 0 saturated heterocycles. The van der Waals surface area contributed by atoms with Crippen LogP contribution in [0.3, 0.4) is 0 Å². The summed E-state index contributed by atoms with van der Waals surface area (Å²) >= 11 is -0.490. The van der Waals surface area contributed by atoms with E-state index in [4.69, 9.17) is 13.0 Å². The molecule has 0 atom stereocenters. The largest absolute Gasteiger partial charge is 0.741 e. The zero-order valence-corrected chi connectivity index (χ0v) is 15.5. The predicted molar refractivity (Wildman–Crippen MR) is 73.8 cm³/mol. The van der Waals surface area contributed by atoms with Crippen molar-refractivity contribution in [3.05, 3.63) is 66.3 Å². The van der Waals surface area contributed by atoms with Crippen molar-refractivity contribution in [1.29, 1.82) is 0 Å². The van der Waals surface area contributed by atoms with Gasteiger partial charge in [0.2, 0.25) is 0 Å². The maximum absolute atomic E-state index is 12.7. The Bertz CT molecular complexity index is 906. The average Bonchev–Trinajstić information content (AvgIpc) is 2.50. The highest BCUT2D eigenvalue weighted by Crippen LogP contribution is 2.29. The molecule has 11 heteroatoms. The van der Waals surface area contributed by atoms with Gasteiger partial charge in [0, 0.05) is 23.6 Å². The number of hydrogen-bond acceptors (Lipinski definition) is 3. The summed E-state index contributed by atoms with van der Waals surface area (Å²) < 4.78 is 99.0. The molecule has 142 valence electrons. The summed E-state index contributed by atoms with van der Waals surface area (Å²) in [7, 11) is -6.09. The smallest absolute Gasteiger partial charge is 0.485 e. The minimum Gasteiger partial charge on any atom is -0.741 e. The van der Waals surface area contributed by atoms with Gasteiger partial charge in [0.05, 0.1) is 5.56 Å². The molecule has 1 heterocycles. The van der Waals surface area contributed by atoms with Crippen molar-refractivity contribution in [3.8, 4) is 0 Å². The van der Waals surface area contributed by atoms with Crippen LogP contribution < -0.4 is 21.2 Å². The van der Waals surface area contributed by atoms with E-state index in [0.29, 0.717) is 0 Å². The first kappa shape index (κ1) is 21.0. The molecule has 2 aromatic rings. The lowest BCUT2D eigenvalue weighted by atomic mass is 10.0. The molecule has 3 nitrogen and oxygen atoms in total. The molecule has 2 aromatic carbocycles. The molecule has 0 aliphatic carbocycles. The van der Waals surface area contributed by atoms with Crippen LogP contribution in [0.5, 0.6) is 0 Å². The van der Waals surface area contributed by atoms with Crippen molar-refractivity contribution >= 4 is 10.1 Å². The lowest BCUT2D eigenvalue weighted by Gasteiger charge is -2.11. The molecule has 0 bridgehead atoms. The van der Waals surface area contributed by atoms with Crippen molar-refractivity contribution in [2.24, 2.45) is 0 Å². The van der Waals surface area contributed by atoms with E-state index in [9.17, 15) is 26.3 Å². The van der Waals surface area contributed by atoms with Gasteiger partial charge < -0.3 is 4.55 Å². The second-order valence-corrected chi connectivity index (χ2v) is 9.30. The zero-order valence-electron chi connectivity index (χ0n) is 12.5. The minimum absolute atomic E-state index is 0.490. The fraction of sp³-hybridized carbons (Fsp3) is 0.200. The molecular formula is C15H9F6IO3S. The Kier molecular flexibility index (Phi) is 5.93. The lowest BCUT2D eigenvalue weighted by Crippen LogP contribution is -3.62. The first-order chi connectivity index (χ1) is 11.8. The van der Waals surface area contributed by atoms with E-state index in [1.807, 2.05) is 18.2 Å². The van der Waals surface area contributed by atoms with E-state index in [1.54, 1.807) is 6.07 Å². The van der Waals surface area contributed by atoms with E-state index in [2.05, 4.69) is 6.07 Å². The Balaban J connectivity index is 0.000000260. The van der Waals surface area contributed by atoms with Crippen LogP contribution in [0.25, 0.3) is 0 Å². The van der Waals surface area contributed by atoms with Gasteiger partial charge in [-0.15, -0.1) is 0 Å². The van der Waals surface area contributed by atoms with E-state index in [0.717, 1.165) is 15.6 Å². The van der Waals surface area contributed by atoms with Gasteiger partial charge in [0.1, 0.15) is 0 Å². The monoisotopic (exact) mass is 510 g/mol. The standard InChI is InChI=1S/C14H9F3I.CHF3O3S/c15-14(16,17)11-6-5-10-7-9-3-1-2-4-12(9)18-13(10)8-11;2-1(3,4)8(5,6)7/h1-6,8H,7H2;(H,5,6,7)/q+1;/p-1. The van der Waals surface area contributed by atoms with Gasteiger partial charge in [-0.3, -0.25) is 0 Å². The van der Waals surface area contributed by atoms with Crippen molar-refractivity contribution in [2.45, 2.75) is 18.1 Å². The highest BCUT2D eigenvalue weighted by Gasteiger charge is 2.37. The van der Waals surface area contributed by atoms with E-state index < -0.39 is 48.6 Å². The van der Waals surface area contributed by atoms with Crippen LogP contribution in [-0.4, -0.2) is 18.5 Å². The lowest BCUT2D eigenvalue weighted by molar-refractivity contribution is -0.601. The van der Waals surface area contributed by atoms with Crippen LogP contribution in [0, 0.1) is 7.14 Å². The molecule has 0 N–H and O–H groups in total. The summed E-state index contributed by atoms with van der Waals surface area (Å²) in [6, 6.07) is 12.2. The molecule has 0 unspecified atom stereocenters. The number of alkyl halides is 6. The van der Waals surface area contributed by atoms with Gasteiger partial charge in [-0.1, -0.05) is 24.3 Å².